The monoisotopic (exact) mass is 602 g/mol. The van der Waals surface area contributed by atoms with Crippen LogP contribution in [0, 0.1) is 13.8 Å². The number of allylic oxidation sites excluding steroid dienone is 2. The molecule has 0 aliphatic heterocycles. The summed E-state index contributed by atoms with van der Waals surface area (Å²) in [5.41, 5.74) is -1.51. The van der Waals surface area contributed by atoms with E-state index >= 15 is 17.6 Å². The lowest BCUT2D eigenvalue weighted by molar-refractivity contribution is -0.254. The summed E-state index contributed by atoms with van der Waals surface area (Å²) in [4.78, 5) is 3.28. The highest BCUT2D eigenvalue weighted by atomic mass is 32.1. The van der Waals surface area contributed by atoms with Crippen molar-refractivity contribution in [3.63, 3.8) is 0 Å². The third-order valence-corrected chi connectivity index (χ3v) is 10.5. The molecule has 40 heavy (non-hydrogen) atoms. The minimum absolute atomic E-state index is 0.262. The average molecular weight is 603 g/mol. The first-order chi connectivity index (χ1) is 18.9. The Morgan fingerprint density at radius 1 is 0.475 bits per heavy atom. The van der Waals surface area contributed by atoms with Crippen molar-refractivity contribution < 1.29 is 26.3 Å². The predicted molar refractivity (Wildman–Crippen MR) is 154 cm³/mol. The Morgan fingerprint density at radius 2 is 0.900 bits per heavy atom. The van der Waals surface area contributed by atoms with Gasteiger partial charge in [-0.25, -0.2) is 0 Å². The Morgan fingerprint density at radius 3 is 1.43 bits per heavy atom. The lowest BCUT2D eigenvalue weighted by Crippen LogP contribution is -2.48. The molecule has 2 aromatic carbocycles. The summed E-state index contributed by atoms with van der Waals surface area (Å²) in [6, 6.07) is 24.7. The second-order valence-electron chi connectivity index (χ2n) is 9.53. The van der Waals surface area contributed by atoms with Crippen molar-refractivity contribution in [2.45, 2.75) is 31.6 Å². The molecule has 0 bridgehead atoms. The van der Waals surface area contributed by atoms with Gasteiger partial charge in [-0.1, -0.05) is 60.7 Å². The van der Waals surface area contributed by atoms with Crippen LogP contribution in [0.4, 0.5) is 26.3 Å². The van der Waals surface area contributed by atoms with E-state index in [2.05, 4.69) is 0 Å². The van der Waals surface area contributed by atoms with Crippen LogP contribution in [0.25, 0.3) is 41.8 Å². The van der Waals surface area contributed by atoms with Crippen LogP contribution >= 0.6 is 34.0 Å². The first-order valence-electron chi connectivity index (χ1n) is 12.2. The molecule has 1 aliphatic carbocycles. The summed E-state index contributed by atoms with van der Waals surface area (Å²) in [7, 11) is 0. The van der Waals surface area contributed by atoms with Crippen molar-refractivity contribution in [2.24, 2.45) is 0 Å². The van der Waals surface area contributed by atoms with E-state index in [0.717, 1.165) is 38.0 Å². The minimum atomic E-state index is -5.59. The quantitative estimate of drug-likeness (QED) is 0.176. The summed E-state index contributed by atoms with van der Waals surface area (Å²) < 4.78 is 91.9. The highest BCUT2D eigenvalue weighted by Gasteiger charge is 2.80. The van der Waals surface area contributed by atoms with Crippen LogP contribution in [0.15, 0.2) is 84.9 Å². The summed E-state index contributed by atoms with van der Waals surface area (Å²) in [6.07, 6.45) is 0. The van der Waals surface area contributed by atoms with E-state index in [0.29, 0.717) is 15.3 Å². The van der Waals surface area contributed by atoms with Crippen molar-refractivity contribution in [1.82, 2.24) is 0 Å². The first-order valence-corrected chi connectivity index (χ1v) is 14.7. The fourth-order valence-corrected chi connectivity index (χ4v) is 8.14. The molecule has 0 amide bonds. The van der Waals surface area contributed by atoms with Crippen molar-refractivity contribution >= 4 is 45.2 Å². The van der Waals surface area contributed by atoms with Gasteiger partial charge in [-0.15, -0.1) is 34.0 Å². The lowest BCUT2D eigenvalue weighted by Gasteiger charge is -2.25. The number of benzene rings is 2. The van der Waals surface area contributed by atoms with E-state index < -0.39 is 28.9 Å². The molecular formula is C31H20F6S3. The molecule has 1 aliphatic rings. The zero-order valence-electron chi connectivity index (χ0n) is 21.1. The fourth-order valence-electron chi connectivity index (χ4n) is 4.99. The van der Waals surface area contributed by atoms with E-state index in [1.54, 1.807) is 30.3 Å². The number of halogens is 6. The summed E-state index contributed by atoms with van der Waals surface area (Å²) in [6.45, 7) is 2.99. The largest absolute Gasteiger partial charge is 0.380 e. The summed E-state index contributed by atoms with van der Waals surface area (Å²) >= 11 is 3.65. The van der Waals surface area contributed by atoms with Gasteiger partial charge in [0.1, 0.15) is 0 Å². The Hall–Kier alpha value is -3.14. The third kappa shape index (κ3) is 4.01. The van der Waals surface area contributed by atoms with Gasteiger partial charge < -0.3 is 0 Å². The Balaban J connectivity index is 1.53. The second kappa shape index (κ2) is 9.46. The highest BCUT2D eigenvalue weighted by Crippen LogP contribution is 2.66. The van der Waals surface area contributed by atoms with Crippen LogP contribution in [-0.2, 0) is 0 Å². The zero-order valence-corrected chi connectivity index (χ0v) is 23.5. The van der Waals surface area contributed by atoms with Crippen LogP contribution in [0.5, 0.6) is 0 Å². The van der Waals surface area contributed by atoms with Gasteiger partial charge in [0.25, 0.3) is 0 Å². The molecule has 5 aromatic rings. The van der Waals surface area contributed by atoms with Crippen LogP contribution < -0.4 is 0 Å². The molecule has 0 unspecified atom stereocenters. The van der Waals surface area contributed by atoms with Gasteiger partial charge in [0.2, 0.25) is 0 Å². The molecule has 9 heteroatoms. The summed E-state index contributed by atoms with van der Waals surface area (Å²) in [5.74, 6) is -15.8. The molecule has 0 saturated carbocycles. The maximum Gasteiger partial charge on any atom is 0.380 e. The van der Waals surface area contributed by atoms with Crippen LogP contribution in [0.3, 0.4) is 0 Å². The molecule has 0 nitrogen and oxygen atoms in total. The maximum atomic E-state index is 15.5. The van der Waals surface area contributed by atoms with Crippen LogP contribution in [-0.4, -0.2) is 17.8 Å². The standard InChI is InChI=1S/C31H20F6S3/c1-17-21(15-25(38-17)20-11-7-4-8-12-20)27-28(30(34,35)31(36,37)29(27,32)33)22-16-26(39-18(22)2)24-14-13-23(40-24)19-9-5-3-6-10-19/h3-16H,1-2H3. The number of hydrogen-bond acceptors (Lipinski definition) is 3. The van der Waals surface area contributed by atoms with Crippen molar-refractivity contribution in [3.05, 3.63) is 106 Å². The minimum Gasteiger partial charge on any atom is -0.194 e. The van der Waals surface area contributed by atoms with Crippen molar-refractivity contribution in [1.29, 1.82) is 0 Å². The van der Waals surface area contributed by atoms with E-state index in [1.807, 2.05) is 42.5 Å². The Bertz CT molecular complexity index is 1740. The second-order valence-corrected chi connectivity index (χ2v) is 13.1. The topological polar surface area (TPSA) is 0 Å². The molecule has 3 heterocycles. The van der Waals surface area contributed by atoms with Gasteiger partial charge in [-0.3, -0.25) is 0 Å². The van der Waals surface area contributed by atoms with E-state index in [-0.39, 0.29) is 20.9 Å². The number of thiophene rings is 3. The van der Waals surface area contributed by atoms with E-state index in [4.69, 9.17) is 0 Å². The molecule has 204 valence electrons. The van der Waals surface area contributed by atoms with Crippen LogP contribution in [0.1, 0.15) is 20.9 Å². The molecule has 0 atom stereocenters. The maximum absolute atomic E-state index is 15.5. The van der Waals surface area contributed by atoms with E-state index in [9.17, 15) is 8.78 Å². The van der Waals surface area contributed by atoms with Gasteiger partial charge in [-0.2, -0.15) is 26.3 Å². The van der Waals surface area contributed by atoms with E-state index in [1.165, 1.54) is 37.3 Å². The fraction of sp³-hybridized carbons (Fsp3) is 0.161. The molecule has 0 fully saturated rings. The van der Waals surface area contributed by atoms with Gasteiger partial charge in [-0.05, 0) is 60.4 Å². The SMILES string of the molecule is Cc1sc(-c2ccccc2)cc1C1=C(c2cc(-c3ccc(-c4ccccc4)s3)sc2C)C(F)(F)C(F)(F)C1(F)F. The smallest absolute Gasteiger partial charge is 0.194 e. The zero-order chi connectivity index (χ0) is 28.4. The first kappa shape index (κ1) is 27.1. The molecular weight excluding hydrogens is 583 g/mol. The summed E-state index contributed by atoms with van der Waals surface area (Å²) in [5, 5.41) is 0. The normalized spacial score (nSPS) is 17.5. The highest BCUT2D eigenvalue weighted by molar-refractivity contribution is 7.24. The molecule has 0 saturated heterocycles. The Labute approximate surface area is 238 Å². The molecule has 0 radical (unpaired) electrons. The molecule has 3 aromatic heterocycles. The molecule has 0 N–H and O–H groups in total. The number of alkyl halides is 6. The van der Waals surface area contributed by atoms with Crippen LogP contribution in [0.2, 0.25) is 0 Å². The number of hydrogen-bond donors (Lipinski definition) is 0. The lowest BCUT2D eigenvalue weighted by atomic mass is 9.94. The van der Waals surface area contributed by atoms with Crippen molar-refractivity contribution in [2.75, 3.05) is 0 Å². The van der Waals surface area contributed by atoms with Gasteiger partial charge >= 0.3 is 17.8 Å². The number of rotatable bonds is 5. The molecule has 0 spiro atoms. The average Bonchev–Trinajstić information content (AvgIpc) is 3.68. The Kier molecular flexibility index (Phi) is 6.40. The van der Waals surface area contributed by atoms with Crippen molar-refractivity contribution in [3.8, 4) is 30.6 Å². The predicted octanol–water partition coefficient (Wildman–Crippen LogP) is 11.3. The molecule has 6 rings (SSSR count). The van der Waals surface area contributed by atoms with Gasteiger partial charge in [0.05, 0.1) is 0 Å². The number of aryl methyl sites for hydroxylation is 2. The third-order valence-electron chi connectivity index (χ3n) is 7.01. The van der Waals surface area contributed by atoms with Gasteiger partial charge in [0.15, 0.2) is 0 Å². The van der Waals surface area contributed by atoms with Gasteiger partial charge in [0, 0.05) is 40.4 Å².